The van der Waals surface area contributed by atoms with Gasteiger partial charge in [-0.15, -0.1) is 11.3 Å². The zero-order valence-electron chi connectivity index (χ0n) is 11.7. The van der Waals surface area contributed by atoms with Crippen LogP contribution in [-0.2, 0) is 6.54 Å². The number of anilines is 2. The first-order chi connectivity index (χ1) is 10.1. The molecule has 0 saturated carbocycles. The minimum absolute atomic E-state index is 0.274. The molecule has 0 radical (unpaired) electrons. The highest BCUT2D eigenvalue weighted by molar-refractivity contribution is 7.19. The molecule has 0 aliphatic rings. The summed E-state index contributed by atoms with van der Waals surface area (Å²) in [6.07, 6.45) is 0. The molecular formula is C14H16FN3O2S. The van der Waals surface area contributed by atoms with Crippen LogP contribution >= 0.6 is 11.3 Å². The molecule has 4 N–H and O–H groups in total. The molecule has 1 heterocycles. The van der Waals surface area contributed by atoms with Crippen LogP contribution < -0.4 is 21.1 Å². The number of nitrogens with one attached hydrogen (secondary N) is 2. The SMILES string of the molecule is CNC(=O)c1sc(NCc2ccccc2F)c(OC)c1N. The van der Waals surface area contributed by atoms with Gasteiger partial charge in [0, 0.05) is 19.2 Å². The average Bonchev–Trinajstić information content (AvgIpc) is 2.81. The average molecular weight is 309 g/mol. The fraction of sp³-hybridized carbons (Fsp3) is 0.214. The zero-order chi connectivity index (χ0) is 15.4. The Kier molecular flexibility index (Phi) is 4.64. The summed E-state index contributed by atoms with van der Waals surface area (Å²) in [5.74, 6) is -0.176. The topological polar surface area (TPSA) is 76.4 Å². The number of hydrogen-bond acceptors (Lipinski definition) is 5. The molecule has 1 aromatic heterocycles. The standard InChI is InChI=1S/C14H16FN3O2S/c1-17-13(19)12-10(16)11(20-2)14(21-12)18-7-8-5-3-4-6-9(8)15/h3-6,18H,7,16H2,1-2H3,(H,17,19). The predicted octanol–water partition coefficient (Wildman–Crippen LogP) is 2.45. The number of methoxy groups -OCH3 is 1. The number of rotatable bonds is 5. The third kappa shape index (κ3) is 3.08. The van der Waals surface area contributed by atoms with E-state index in [1.807, 2.05) is 0 Å². The monoisotopic (exact) mass is 309 g/mol. The third-order valence-electron chi connectivity index (χ3n) is 2.93. The van der Waals surface area contributed by atoms with Crippen LogP contribution in [0.15, 0.2) is 24.3 Å². The fourth-order valence-corrected chi connectivity index (χ4v) is 2.88. The van der Waals surface area contributed by atoms with Gasteiger partial charge in [0.05, 0.1) is 7.11 Å². The first-order valence-electron chi connectivity index (χ1n) is 6.24. The summed E-state index contributed by atoms with van der Waals surface area (Å²) in [7, 11) is 3.00. The Bertz CT molecular complexity index is 658. The summed E-state index contributed by atoms with van der Waals surface area (Å²) in [5, 5.41) is 6.17. The zero-order valence-corrected chi connectivity index (χ0v) is 12.5. The second-order valence-corrected chi connectivity index (χ2v) is 5.25. The van der Waals surface area contributed by atoms with E-state index >= 15 is 0 Å². The van der Waals surface area contributed by atoms with E-state index in [1.165, 1.54) is 31.6 Å². The summed E-state index contributed by atoms with van der Waals surface area (Å²) in [4.78, 5) is 12.1. The number of amides is 1. The van der Waals surface area contributed by atoms with Gasteiger partial charge in [0.2, 0.25) is 0 Å². The highest BCUT2D eigenvalue weighted by Gasteiger charge is 2.21. The van der Waals surface area contributed by atoms with E-state index in [-0.39, 0.29) is 24.0 Å². The minimum atomic E-state index is -0.292. The van der Waals surface area contributed by atoms with E-state index < -0.39 is 0 Å². The van der Waals surface area contributed by atoms with Crippen molar-refractivity contribution in [1.82, 2.24) is 5.32 Å². The van der Waals surface area contributed by atoms with E-state index in [0.29, 0.717) is 21.2 Å². The van der Waals surface area contributed by atoms with Gasteiger partial charge in [0.25, 0.3) is 5.91 Å². The number of nitrogen functional groups attached to an aromatic ring is 1. The Morgan fingerprint density at radius 3 is 2.76 bits per heavy atom. The molecule has 2 aromatic rings. The van der Waals surface area contributed by atoms with Crippen molar-refractivity contribution in [3.8, 4) is 5.75 Å². The van der Waals surface area contributed by atoms with Gasteiger partial charge in [-0.25, -0.2) is 4.39 Å². The van der Waals surface area contributed by atoms with Gasteiger partial charge >= 0.3 is 0 Å². The lowest BCUT2D eigenvalue weighted by atomic mass is 10.2. The smallest absolute Gasteiger partial charge is 0.263 e. The second kappa shape index (κ2) is 6.45. The van der Waals surface area contributed by atoms with E-state index in [4.69, 9.17) is 10.5 Å². The van der Waals surface area contributed by atoms with Crippen LogP contribution in [0.3, 0.4) is 0 Å². The summed E-state index contributed by atoms with van der Waals surface area (Å²) < 4.78 is 18.8. The number of halogens is 1. The molecule has 0 saturated heterocycles. The highest BCUT2D eigenvalue weighted by atomic mass is 32.1. The Morgan fingerprint density at radius 2 is 2.14 bits per heavy atom. The number of carbonyl (C=O) groups is 1. The molecule has 2 rings (SSSR count). The van der Waals surface area contributed by atoms with Crippen molar-refractivity contribution < 1.29 is 13.9 Å². The third-order valence-corrected chi connectivity index (χ3v) is 4.08. The number of ether oxygens (including phenoxy) is 1. The molecule has 0 unspecified atom stereocenters. The van der Waals surface area contributed by atoms with Crippen LogP contribution in [0.4, 0.5) is 15.1 Å². The van der Waals surface area contributed by atoms with Crippen LogP contribution in [0.1, 0.15) is 15.2 Å². The number of hydrogen-bond donors (Lipinski definition) is 3. The maximum atomic E-state index is 13.6. The van der Waals surface area contributed by atoms with Crippen molar-refractivity contribution in [1.29, 1.82) is 0 Å². The lowest BCUT2D eigenvalue weighted by Crippen LogP contribution is -2.17. The second-order valence-electron chi connectivity index (χ2n) is 4.23. The normalized spacial score (nSPS) is 10.2. The molecular weight excluding hydrogens is 293 g/mol. The predicted molar refractivity (Wildman–Crippen MR) is 82.4 cm³/mol. The van der Waals surface area contributed by atoms with E-state index in [2.05, 4.69) is 10.6 Å². The Morgan fingerprint density at radius 1 is 1.43 bits per heavy atom. The largest absolute Gasteiger partial charge is 0.492 e. The molecule has 0 spiro atoms. The van der Waals surface area contributed by atoms with Gasteiger partial charge in [0.1, 0.15) is 21.4 Å². The molecule has 0 bridgehead atoms. The van der Waals surface area contributed by atoms with Gasteiger partial charge in [-0.3, -0.25) is 4.79 Å². The first kappa shape index (κ1) is 15.1. The molecule has 0 aliphatic heterocycles. The molecule has 21 heavy (non-hydrogen) atoms. The van der Waals surface area contributed by atoms with Gasteiger partial charge in [0.15, 0.2) is 5.75 Å². The Balaban J connectivity index is 2.24. The summed E-state index contributed by atoms with van der Waals surface area (Å²) in [5.41, 5.74) is 6.70. The first-order valence-corrected chi connectivity index (χ1v) is 7.05. The molecule has 0 aliphatic carbocycles. The van der Waals surface area contributed by atoms with Crippen LogP contribution in [0.2, 0.25) is 0 Å². The number of benzene rings is 1. The van der Waals surface area contributed by atoms with Crippen molar-refractivity contribution in [2.75, 3.05) is 25.2 Å². The van der Waals surface area contributed by atoms with E-state index in [9.17, 15) is 9.18 Å². The molecule has 1 amide bonds. The molecule has 1 aromatic carbocycles. The quantitative estimate of drug-likeness (QED) is 0.793. The van der Waals surface area contributed by atoms with Gasteiger partial charge in [-0.05, 0) is 6.07 Å². The Hall–Kier alpha value is -2.28. The van der Waals surface area contributed by atoms with Crippen molar-refractivity contribution >= 4 is 27.9 Å². The van der Waals surface area contributed by atoms with Crippen LogP contribution in [0.5, 0.6) is 5.75 Å². The number of carbonyl (C=O) groups excluding carboxylic acids is 1. The number of nitrogens with two attached hydrogens (primary N) is 1. The van der Waals surface area contributed by atoms with Crippen LogP contribution in [0, 0.1) is 5.82 Å². The van der Waals surface area contributed by atoms with Gasteiger partial charge in [-0.1, -0.05) is 18.2 Å². The van der Waals surface area contributed by atoms with Crippen LogP contribution in [0.25, 0.3) is 0 Å². The summed E-state index contributed by atoms with van der Waals surface area (Å²) in [6, 6.07) is 6.47. The maximum Gasteiger partial charge on any atom is 0.263 e. The van der Waals surface area contributed by atoms with Crippen molar-refractivity contribution in [2.45, 2.75) is 6.54 Å². The van der Waals surface area contributed by atoms with Crippen LogP contribution in [-0.4, -0.2) is 20.1 Å². The molecule has 112 valence electrons. The fourth-order valence-electron chi connectivity index (χ4n) is 1.85. The molecule has 5 nitrogen and oxygen atoms in total. The highest BCUT2D eigenvalue weighted by Crippen LogP contribution is 2.42. The van der Waals surface area contributed by atoms with E-state index in [0.717, 1.165) is 0 Å². The van der Waals surface area contributed by atoms with Crippen molar-refractivity contribution in [3.05, 3.63) is 40.5 Å². The number of thiophene rings is 1. The summed E-state index contributed by atoms with van der Waals surface area (Å²) in [6.45, 7) is 0.274. The summed E-state index contributed by atoms with van der Waals surface area (Å²) >= 11 is 1.17. The lowest BCUT2D eigenvalue weighted by molar-refractivity contribution is 0.0967. The van der Waals surface area contributed by atoms with Gasteiger partial charge < -0.3 is 21.1 Å². The molecule has 0 fully saturated rings. The van der Waals surface area contributed by atoms with E-state index in [1.54, 1.807) is 18.2 Å². The van der Waals surface area contributed by atoms with Crippen molar-refractivity contribution in [2.24, 2.45) is 0 Å². The minimum Gasteiger partial charge on any atom is -0.492 e. The Labute approximate surface area is 125 Å². The lowest BCUT2D eigenvalue weighted by Gasteiger charge is -2.07. The molecule has 7 heteroatoms. The van der Waals surface area contributed by atoms with Gasteiger partial charge in [-0.2, -0.15) is 0 Å². The molecule has 0 atom stereocenters. The van der Waals surface area contributed by atoms with Crippen molar-refractivity contribution in [3.63, 3.8) is 0 Å². The maximum absolute atomic E-state index is 13.6.